The fourth-order valence-corrected chi connectivity index (χ4v) is 1.35. The summed E-state index contributed by atoms with van der Waals surface area (Å²) >= 11 is 0. The number of aromatic nitrogens is 1. The van der Waals surface area contributed by atoms with Gasteiger partial charge in [0.05, 0.1) is 18.8 Å². The molecule has 0 atom stereocenters. The first kappa shape index (κ1) is 12.9. The lowest BCUT2D eigenvalue weighted by Crippen LogP contribution is -2.44. The van der Waals surface area contributed by atoms with Gasteiger partial charge >= 0.3 is 0 Å². The SMILES string of the molecule is Cc1nc(N(C)C(C)(C)CO)ccc1CO. The Bertz CT molecular complexity index is 364. The Morgan fingerprint density at radius 1 is 1.31 bits per heavy atom. The maximum atomic E-state index is 9.29. The van der Waals surface area contributed by atoms with Gasteiger partial charge in [0.25, 0.3) is 0 Å². The second kappa shape index (κ2) is 4.80. The molecule has 0 aliphatic carbocycles. The number of aliphatic hydroxyl groups is 2. The number of rotatable bonds is 4. The molecule has 4 heteroatoms. The van der Waals surface area contributed by atoms with Gasteiger partial charge in [-0.1, -0.05) is 6.07 Å². The van der Waals surface area contributed by atoms with Crippen molar-refractivity contribution in [2.45, 2.75) is 32.9 Å². The molecule has 2 N–H and O–H groups in total. The largest absolute Gasteiger partial charge is 0.394 e. The van der Waals surface area contributed by atoms with Crippen LogP contribution in [-0.2, 0) is 6.61 Å². The highest BCUT2D eigenvalue weighted by molar-refractivity contribution is 5.43. The lowest BCUT2D eigenvalue weighted by Gasteiger charge is -2.35. The van der Waals surface area contributed by atoms with E-state index in [9.17, 15) is 5.11 Å². The van der Waals surface area contributed by atoms with E-state index in [0.717, 1.165) is 17.1 Å². The number of hydrogen-bond donors (Lipinski definition) is 2. The van der Waals surface area contributed by atoms with Crippen LogP contribution >= 0.6 is 0 Å². The van der Waals surface area contributed by atoms with Crippen LogP contribution in [0.3, 0.4) is 0 Å². The third-order valence-corrected chi connectivity index (χ3v) is 2.99. The molecule has 0 aliphatic rings. The monoisotopic (exact) mass is 224 g/mol. The Labute approximate surface area is 96.6 Å². The van der Waals surface area contributed by atoms with Crippen LogP contribution in [0.4, 0.5) is 5.82 Å². The highest BCUT2D eigenvalue weighted by Gasteiger charge is 2.23. The average molecular weight is 224 g/mol. The standard InChI is InChI=1S/C12H20N2O2/c1-9-10(7-15)5-6-11(13-9)14(4)12(2,3)8-16/h5-6,15-16H,7-8H2,1-4H3. The van der Waals surface area contributed by atoms with E-state index in [1.54, 1.807) is 0 Å². The maximum absolute atomic E-state index is 9.29. The van der Waals surface area contributed by atoms with Gasteiger partial charge in [-0.25, -0.2) is 4.98 Å². The van der Waals surface area contributed by atoms with Crippen LogP contribution < -0.4 is 4.90 Å². The number of aliphatic hydroxyl groups excluding tert-OH is 2. The maximum Gasteiger partial charge on any atom is 0.129 e. The minimum absolute atomic E-state index is 0.00617. The first-order chi connectivity index (χ1) is 7.42. The predicted molar refractivity (Wildman–Crippen MR) is 64.5 cm³/mol. The zero-order valence-corrected chi connectivity index (χ0v) is 10.4. The van der Waals surface area contributed by atoms with Gasteiger partial charge in [-0.3, -0.25) is 0 Å². The lowest BCUT2D eigenvalue weighted by atomic mass is 10.1. The molecule has 90 valence electrons. The average Bonchev–Trinajstić information content (AvgIpc) is 2.27. The summed E-state index contributed by atoms with van der Waals surface area (Å²) < 4.78 is 0. The fourth-order valence-electron chi connectivity index (χ4n) is 1.35. The van der Waals surface area contributed by atoms with Crippen LogP contribution in [-0.4, -0.2) is 34.4 Å². The molecule has 0 unspecified atom stereocenters. The first-order valence-corrected chi connectivity index (χ1v) is 5.34. The van der Waals surface area contributed by atoms with E-state index in [0.29, 0.717) is 0 Å². The fraction of sp³-hybridized carbons (Fsp3) is 0.583. The van der Waals surface area contributed by atoms with Crippen LogP contribution in [0.15, 0.2) is 12.1 Å². The molecule has 0 aliphatic heterocycles. The number of anilines is 1. The Balaban J connectivity index is 3.02. The Hall–Kier alpha value is -1.13. The van der Waals surface area contributed by atoms with Crippen molar-refractivity contribution in [2.24, 2.45) is 0 Å². The van der Waals surface area contributed by atoms with Crippen LogP contribution in [0.2, 0.25) is 0 Å². The molecule has 1 rings (SSSR count). The summed E-state index contributed by atoms with van der Waals surface area (Å²) in [5.74, 6) is 0.800. The summed E-state index contributed by atoms with van der Waals surface area (Å²) in [7, 11) is 1.90. The van der Waals surface area contributed by atoms with E-state index in [-0.39, 0.29) is 18.8 Å². The number of aryl methyl sites for hydroxylation is 1. The predicted octanol–water partition coefficient (Wildman–Crippen LogP) is 1.09. The minimum Gasteiger partial charge on any atom is -0.394 e. The van der Waals surface area contributed by atoms with Gasteiger partial charge in [0.2, 0.25) is 0 Å². The highest BCUT2D eigenvalue weighted by Crippen LogP contribution is 2.21. The van der Waals surface area contributed by atoms with Gasteiger partial charge in [0.15, 0.2) is 0 Å². The number of hydrogen-bond acceptors (Lipinski definition) is 4. The molecule has 1 aromatic heterocycles. The van der Waals surface area contributed by atoms with Gasteiger partial charge < -0.3 is 15.1 Å². The summed E-state index contributed by atoms with van der Waals surface area (Å²) in [6, 6.07) is 3.72. The minimum atomic E-state index is -0.347. The number of pyridine rings is 1. The summed E-state index contributed by atoms with van der Waals surface area (Å²) in [5, 5.41) is 18.3. The number of nitrogens with zero attached hydrogens (tertiary/aromatic N) is 2. The van der Waals surface area contributed by atoms with Crippen molar-refractivity contribution in [1.82, 2.24) is 4.98 Å². The quantitative estimate of drug-likeness (QED) is 0.804. The molecule has 0 fully saturated rings. The van der Waals surface area contributed by atoms with Crippen LogP contribution in [0, 0.1) is 6.92 Å². The molecule has 0 spiro atoms. The van der Waals surface area contributed by atoms with Crippen molar-refractivity contribution in [3.05, 3.63) is 23.4 Å². The molecular formula is C12H20N2O2. The zero-order chi connectivity index (χ0) is 12.3. The van der Waals surface area contributed by atoms with Gasteiger partial charge in [-0.15, -0.1) is 0 Å². The van der Waals surface area contributed by atoms with E-state index in [4.69, 9.17) is 5.11 Å². The highest BCUT2D eigenvalue weighted by atomic mass is 16.3. The third kappa shape index (κ3) is 2.51. The molecule has 16 heavy (non-hydrogen) atoms. The van der Waals surface area contributed by atoms with Gasteiger partial charge in [0.1, 0.15) is 5.82 Å². The zero-order valence-electron chi connectivity index (χ0n) is 10.4. The van der Waals surface area contributed by atoms with E-state index in [1.165, 1.54) is 0 Å². The Morgan fingerprint density at radius 2 is 1.94 bits per heavy atom. The second-order valence-corrected chi connectivity index (χ2v) is 4.60. The molecule has 0 saturated carbocycles. The molecule has 1 heterocycles. The first-order valence-electron chi connectivity index (χ1n) is 5.34. The molecule has 4 nitrogen and oxygen atoms in total. The summed E-state index contributed by atoms with van der Waals surface area (Å²) in [6.07, 6.45) is 0. The van der Waals surface area contributed by atoms with Crippen LogP contribution in [0.1, 0.15) is 25.1 Å². The summed E-state index contributed by atoms with van der Waals surface area (Å²) in [4.78, 5) is 6.34. The lowest BCUT2D eigenvalue weighted by molar-refractivity contribution is 0.215. The molecule has 0 amide bonds. The van der Waals surface area contributed by atoms with Crippen molar-refractivity contribution >= 4 is 5.82 Å². The Morgan fingerprint density at radius 3 is 2.38 bits per heavy atom. The molecule has 0 saturated heterocycles. The van der Waals surface area contributed by atoms with Crippen molar-refractivity contribution in [2.75, 3.05) is 18.6 Å². The van der Waals surface area contributed by atoms with Gasteiger partial charge in [-0.2, -0.15) is 0 Å². The molecule has 1 aromatic rings. The summed E-state index contributed by atoms with van der Waals surface area (Å²) in [5.41, 5.74) is 1.31. The van der Waals surface area contributed by atoms with Crippen molar-refractivity contribution in [3.8, 4) is 0 Å². The van der Waals surface area contributed by atoms with Crippen LogP contribution in [0.5, 0.6) is 0 Å². The topological polar surface area (TPSA) is 56.6 Å². The third-order valence-electron chi connectivity index (χ3n) is 2.99. The molecule has 0 radical (unpaired) electrons. The van der Waals surface area contributed by atoms with Crippen molar-refractivity contribution in [3.63, 3.8) is 0 Å². The van der Waals surface area contributed by atoms with Crippen molar-refractivity contribution < 1.29 is 10.2 Å². The Kier molecular flexibility index (Phi) is 3.88. The normalized spacial score (nSPS) is 11.6. The van der Waals surface area contributed by atoms with Gasteiger partial charge in [0, 0.05) is 12.7 Å². The summed E-state index contributed by atoms with van der Waals surface area (Å²) in [6.45, 7) is 5.83. The number of likely N-dealkylation sites (N-methyl/N-ethyl adjacent to an activating group) is 1. The van der Waals surface area contributed by atoms with E-state index in [1.807, 2.05) is 44.9 Å². The van der Waals surface area contributed by atoms with E-state index in [2.05, 4.69) is 4.98 Å². The molecule has 0 aromatic carbocycles. The molecular weight excluding hydrogens is 204 g/mol. The molecule has 0 bridgehead atoms. The van der Waals surface area contributed by atoms with Crippen molar-refractivity contribution in [1.29, 1.82) is 0 Å². The van der Waals surface area contributed by atoms with E-state index >= 15 is 0 Å². The van der Waals surface area contributed by atoms with Gasteiger partial charge in [-0.05, 0) is 32.4 Å². The van der Waals surface area contributed by atoms with Crippen LogP contribution in [0.25, 0.3) is 0 Å². The smallest absolute Gasteiger partial charge is 0.129 e. The van der Waals surface area contributed by atoms with E-state index < -0.39 is 0 Å². The second-order valence-electron chi connectivity index (χ2n) is 4.60.